The van der Waals surface area contributed by atoms with Crippen LogP contribution in [0.15, 0.2) is 29.4 Å². The number of nitrogens with one attached hydrogen (secondary N) is 3. The van der Waals surface area contributed by atoms with Crippen molar-refractivity contribution in [2.45, 2.75) is 20.3 Å². The Morgan fingerprint density at radius 3 is 2.79 bits per heavy atom. The Bertz CT molecular complexity index is 906. The molecular formula is C20H31N5O2S. The minimum Gasteiger partial charge on any atom is -0.361 e. The van der Waals surface area contributed by atoms with E-state index in [0.29, 0.717) is 19.6 Å². The Morgan fingerprint density at radius 1 is 1.25 bits per heavy atom. The second-order valence-electron chi connectivity index (χ2n) is 7.29. The van der Waals surface area contributed by atoms with Crippen LogP contribution < -0.4 is 10.6 Å². The molecule has 0 saturated carbocycles. The maximum Gasteiger partial charge on any atom is 0.191 e. The van der Waals surface area contributed by atoms with Gasteiger partial charge in [-0.05, 0) is 37.5 Å². The molecule has 2 heterocycles. The molecule has 3 rings (SSSR count). The van der Waals surface area contributed by atoms with Crippen LogP contribution in [0.3, 0.4) is 0 Å². The summed E-state index contributed by atoms with van der Waals surface area (Å²) in [6.07, 6.45) is 3.00. The fraction of sp³-hybridized carbons (Fsp3) is 0.550. The van der Waals surface area contributed by atoms with Crippen LogP contribution in [0.5, 0.6) is 0 Å². The van der Waals surface area contributed by atoms with E-state index in [1.165, 1.54) is 22.0 Å². The van der Waals surface area contributed by atoms with Crippen molar-refractivity contribution in [3.8, 4) is 0 Å². The third-order valence-corrected chi connectivity index (χ3v) is 6.69. The highest BCUT2D eigenvalue weighted by Gasteiger charge is 2.20. The van der Waals surface area contributed by atoms with E-state index in [1.807, 2.05) is 0 Å². The van der Waals surface area contributed by atoms with Crippen molar-refractivity contribution >= 4 is 26.7 Å². The molecule has 1 fully saturated rings. The number of guanidine groups is 1. The van der Waals surface area contributed by atoms with Crippen LogP contribution in [0, 0.1) is 6.92 Å². The zero-order valence-corrected chi connectivity index (χ0v) is 17.6. The van der Waals surface area contributed by atoms with Crippen LogP contribution in [0.4, 0.5) is 0 Å². The lowest BCUT2D eigenvalue weighted by molar-refractivity contribution is 0.304. The van der Waals surface area contributed by atoms with Gasteiger partial charge in [0.05, 0.1) is 18.1 Å². The van der Waals surface area contributed by atoms with Gasteiger partial charge in [0.25, 0.3) is 0 Å². The summed E-state index contributed by atoms with van der Waals surface area (Å²) in [5, 5.41) is 7.94. The zero-order valence-electron chi connectivity index (χ0n) is 16.8. The number of aliphatic imine (C=N–C) groups is 1. The first-order valence-electron chi connectivity index (χ1n) is 9.98. The van der Waals surface area contributed by atoms with E-state index in [2.05, 4.69) is 63.8 Å². The molecule has 0 radical (unpaired) electrons. The molecule has 0 bridgehead atoms. The molecule has 1 aliphatic rings. The molecule has 3 N–H and O–H groups in total. The Morgan fingerprint density at radius 2 is 2.04 bits per heavy atom. The number of nitrogens with zero attached hydrogens (tertiary/aromatic N) is 2. The van der Waals surface area contributed by atoms with Crippen molar-refractivity contribution in [3.05, 3.63) is 35.5 Å². The Kier molecular flexibility index (Phi) is 6.96. The zero-order chi connectivity index (χ0) is 20.0. The summed E-state index contributed by atoms with van der Waals surface area (Å²) >= 11 is 0. The van der Waals surface area contributed by atoms with Gasteiger partial charge in [-0.3, -0.25) is 9.89 Å². The summed E-state index contributed by atoms with van der Waals surface area (Å²) in [5.41, 5.74) is 3.74. The largest absolute Gasteiger partial charge is 0.361 e. The fourth-order valence-corrected chi connectivity index (χ4v) is 4.72. The topological polar surface area (TPSA) is 89.6 Å². The van der Waals surface area contributed by atoms with E-state index in [9.17, 15) is 8.42 Å². The Hall–Kier alpha value is -2.06. The Labute approximate surface area is 167 Å². The normalized spacial score (nSPS) is 17.7. The molecular weight excluding hydrogens is 374 g/mol. The number of fused-ring (bicyclic) bond motifs is 1. The maximum absolute atomic E-state index is 11.5. The maximum atomic E-state index is 11.5. The van der Waals surface area contributed by atoms with Crippen LogP contribution in [0.25, 0.3) is 10.9 Å². The molecule has 1 aliphatic heterocycles. The standard InChI is InChI=1S/C20H31N5O2S/c1-3-21-20(23-8-9-25-10-12-28(26,27)13-11-25)22-7-6-17-15-24-19-14-16(2)4-5-18(17)19/h4-5,14-15,24H,3,6-13H2,1-2H3,(H2,21,22,23). The van der Waals surface area contributed by atoms with Crippen molar-refractivity contribution in [3.63, 3.8) is 0 Å². The molecule has 0 aliphatic carbocycles. The fourth-order valence-electron chi connectivity index (χ4n) is 3.44. The van der Waals surface area contributed by atoms with Crippen LogP contribution in [-0.4, -0.2) is 75.0 Å². The van der Waals surface area contributed by atoms with Crippen LogP contribution >= 0.6 is 0 Å². The number of hydrogen-bond donors (Lipinski definition) is 3. The van der Waals surface area contributed by atoms with E-state index in [0.717, 1.165) is 32.0 Å². The summed E-state index contributed by atoms with van der Waals surface area (Å²) in [5.74, 6) is 1.33. The van der Waals surface area contributed by atoms with Gasteiger partial charge in [-0.2, -0.15) is 0 Å². The quantitative estimate of drug-likeness (QED) is 0.477. The lowest BCUT2D eigenvalue weighted by Crippen LogP contribution is -2.42. The summed E-state index contributed by atoms with van der Waals surface area (Å²) in [6.45, 7) is 8.42. The van der Waals surface area contributed by atoms with Gasteiger partial charge >= 0.3 is 0 Å². The highest BCUT2D eigenvalue weighted by Crippen LogP contribution is 2.19. The third-order valence-electron chi connectivity index (χ3n) is 5.08. The van der Waals surface area contributed by atoms with Gasteiger partial charge in [-0.25, -0.2) is 8.42 Å². The van der Waals surface area contributed by atoms with Crippen molar-refractivity contribution in [2.24, 2.45) is 4.99 Å². The number of aryl methyl sites for hydroxylation is 1. The first kappa shape index (κ1) is 20.7. The van der Waals surface area contributed by atoms with Gasteiger partial charge in [0.1, 0.15) is 0 Å². The van der Waals surface area contributed by atoms with Crippen molar-refractivity contribution in [1.29, 1.82) is 0 Å². The van der Waals surface area contributed by atoms with Gasteiger partial charge in [-0.15, -0.1) is 0 Å². The molecule has 0 amide bonds. The lowest BCUT2D eigenvalue weighted by atomic mass is 10.1. The average molecular weight is 406 g/mol. The minimum absolute atomic E-state index is 0.263. The summed E-state index contributed by atoms with van der Waals surface area (Å²) in [4.78, 5) is 10.1. The highest BCUT2D eigenvalue weighted by atomic mass is 32.2. The van der Waals surface area contributed by atoms with Crippen LogP contribution in [0.2, 0.25) is 0 Å². The van der Waals surface area contributed by atoms with Crippen molar-refractivity contribution in [1.82, 2.24) is 20.5 Å². The SMILES string of the molecule is CCNC(=NCCN1CCS(=O)(=O)CC1)NCCc1c[nH]c2cc(C)ccc12. The number of aromatic nitrogens is 1. The lowest BCUT2D eigenvalue weighted by Gasteiger charge is -2.25. The predicted molar refractivity (Wildman–Crippen MR) is 116 cm³/mol. The van der Waals surface area contributed by atoms with Gasteiger partial charge in [0, 0.05) is 49.8 Å². The number of aromatic amines is 1. The molecule has 28 heavy (non-hydrogen) atoms. The monoisotopic (exact) mass is 405 g/mol. The van der Waals surface area contributed by atoms with E-state index >= 15 is 0 Å². The molecule has 1 saturated heterocycles. The van der Waals surface area contributed by atoms with E-state index in [1.54, 1.807) is 0 Å². The summed E-state index contributed by atoms with van der Waals surface area (Å²) in [7, 11) is -2.82. The van der Waals surface area contributed by atoms with Crippen LogP contribution in [0.1, 0.15) is 18.1 Å². The third kappa shape index (κ3) is 5.72. The second-order valence-corrected chi connectivity index (χ2v) is 9.60. The molecule has 154 valence electrons. The van der Waals surface area contributed by atoms with Gasteiger partial charge in [0.15, 0.2) is 15.8 Å². The van der Waals surface area contributed by atoms with Gasteiger partial charge < -0.3 is 15.6 Å². The molecule has 1 aromatic carbocycles. The number of sulfone groups is 1. The van der Waals surface area contributed by atoms with Gasteiger partial charge in [-0.1, -0.05) is 12.1 Å². The molecule has 0 atom stereocenters. The number of benzene rings is 1. The smallest absolute Gasteiger partial charge is 0.191 e. The van der Waals surface area contributed by atoms with E-state index in [-0.39, 0.29) is 11.5 Å². The second kappa shape index (κ2) is 9.43. The highest BCUT2D eigenvalue weighted by molar-refractivity contribution is 7.91. The number of hydrogen-bond acceptors (Lipinski definition) is 4. The average Bonchev–Trinajstić information content (AvgIpc) is 3.05. The number of rotatable bonds is 7. The van der Waals surface area contributed by atoms with E-state index < -0.39 is 9.84 Å². The predicted octanol–water partition coefficient (Wildman–Crippen LogP) is 1.30. The minimum atomic E-state index is -2.82. The van der Waals surface area contributed by atoms with Crippen molar-refractivity contribution in [2.75, 3.05) is 50.8 Å². The van der Waals surface area contributed by atoms with E-state index in [4.69, 9.17) is 0 Å². The summed E-state index contributed by atoms with van der Waals surface area (Å²) < 4.78 is 23.0. The summed E-state index contributed by atoms with van der Waals surface area (Å²) in [6, 6.07) is 6.49. The molecule has 7 nitrogen and oxygen atoms in total. The molecule has 0 spiro atoms. The Balaban J connectivity index is 1.47. The molecule has 0 unspecified atom stereocenters. The van der Waals surface area contributed by atoms with Crippen molar-refractivity contribution < 1.29 is 8.42 Å². The first-order valence-corrected chi connectivity index (χ1v) is 11.8. The molecule has 1 aromatic heterocycles. The van der Waals surface area contributed by atoms with Gasteiger partial charge in [0.2, 0.25) is 0 Å². The van der Waals surface area contributed by atoms with Crippen LogP contribution in [-0.2, 0) is 16.3 Å². The first-order chi connectivity index (χ1) is 13.5. The molecule has 8 heteroatoms. The molecule has 2 aromatic rings. The number of H-pyrrole nitrogens is 1.